The maximum atomic E-state index is 11.8. The smallest absolute Gasteiger partial charge is 0.340 e. The second kappa shape index (κ2) is 6.22. The fraction of sp³-hybridized carbons (Fsp3) is 0.182. The second-order valence-corrected chi connectivity index (χ2v) is 5.62. The first-order valence-electron chi connectivity index (χ1n) is 5.26. The minimum atomic E-state index is -4.23. The average molecular weight is 291 g/mol. The predicted molar refractivity (Wildman–Crippen MR) is 67.3 cm³/mol. The monoisotopic (exact) mass is 291 g/mol. The van der Waals surface area contributed by atoms with Crippen LogP contribution in [0.2, 0.25) is 0 Å². The van der Waals surface area contributed by atoms with Gasteiger partial charge >= 0.3 is 37.2 Å². The van der Waals surface area contributed by atoms with Crippen LogP contribution < -0.4 is 34.9 Å². The fourth-order valence-corrected chi connectivity index (χ4v) is 2.12. The standard InChI is InChI=1S/C11H13N2O4P.Na/c1-13-9-5-3-2-4-8(9)6-10(13)11(14)12-7-18(15,16)17;/h2-6H,7H2,1H3,(H,12,14)(H2,15,16,17);/q;+1. The minimum Gasteiger partial charge on any atom is -0.340 e. The zero-order valence-corrected chi connectivity index (χ0v) is 13.6. The number of carbonyl (C=O) groups excluding carboxylic acids is 1. The van der Waals surface area contributed by atoms with E-state index >= 15 is 0 Å². The molecule has 0 saturated heterocycles. The number of amides is 1. The second-order valence-electron chi connectivity index (χ2n) is 3.98. The van der Waals surface area contributed by atoms with Crippen molar-refractivity contribution in [3.63, 3.8) is 0 Å². The number of nitrogens with zero attached hydrogens (tertiary/aromatic N) is 1. The molecule has 0 atom stereocenters. The van der Waals surface area contributed by atoms with Crippen LogP contribution in [0.4, 0.5) is 0 Å². The van der Waals surface area contributed by atoms with E-state index in [1.54, 1.807) is 17.7 Å². The van der Waals surface area contributed by atoms with Gasteiger partial charge in [-0.1, -0.05) is 18.2 Å². The maximum Gasteiger partial charge on any atom is 1.00 e. The first kappa shape index (κ1) is 16.4. The van der Waals surface area contributed by atoms with Gasteiger partial charge < -0.3 is 19.7 Å². The minimum absolute atomic E-state index is 0. The Kier molecular flexibility index (Phi) is 5.38. The van der Waals surface area contributed by atoms with Gasteiger partial charge in [0.1, 0.15) is 12.0 Å². The quantitative estimate of drug-likeness (QED) is 0.453. The van der Waals surface area contributed by atoms with Crippen molar-refractivity contribution in [1.29, 1.82) is 0 Å². The molecule has 1 amide bonds. The number of aromatic nitrogens is 1. The molecule has 19 heavy (non-hydrogen) atoms. The van der Waals surface area contributed by atoms with Crippen LogP contribution in [0.25, 0.3) is 10.9 Å². The normalized spacial score (nSPS) is 11.1. The molecule has 0 aliphatic rings. The Bertz CT molecular complexity index is 649. The summed E-state index contributed by atoms with van der Waals surface area (Å²) in [5.41, 5.74) is 1.25. The van der Waals surface area contributed by atoms with Crippen LogP contribution in [0, 0.1) is 0 Å². The molecule has 0 aliphatic heterocycles. The van der Waals surface area contributed by atoms with Crippen molar-refractivity contribution in [3.8, 4) is 0 Å². The summed E-state index contributed by atoms with van der Waals surface area (Å²) in [4.78, 5) is 29.2. The molecule has 3 N–H and O–H groups in total. The van der Waals surface area contributed by atoms with Gasteiger partial charge in [-0.3, -0.25) is 9.36 Å². The van der Waals surface area contributed by atoms with E-state index in [9.17, 15) is 9.36 Å². The number of aryl methyl sites for hydroxylation is 1. The molecular weight excluding hydrogens is 278 g/mol. The molecule has 0 fully saturated rings. The van der Waals surface area contributed by atoms with E-state index in [-0.39, 0.29) is 29.6 Å². The van der Waals surface area contributed by atoms with E-state index in [2.05, 4.69) is 5.32 Å². The SMILES string of the molecule is Cn1c(C(=O)NCP(=O)(O)O)cc2ccccc21.[Na+]. The zero-order chi connectivity index (χ0) is 13.3. The van der Waals surface area contributed by atoms with Gasteiger partial charge in [0, 0.05) is 18.0 Å². The third-order valence-corrected chi connectivity index (χ3v) is 3.20. The molecule has 0 unspecified atom stereocenters. The molecule has 1 aromatic carbocycles. The van der Waals surface area contributed by atoms with Gasteiger partial charge in [-0.15, -0.1) is 0 Å². The molecule has 0 aliphatic carbocycles. The Morgan fingerprint density at radius 3 is 2.58 bits per heavy atom. The summed E-state index contributed by atoms with van der Waals surface area (Å²) >= 11 is 0. The van der Waals surface area contributed by atoms with Gasteiger partial charge in [0.2, 0.25) is 0 Å². The van der Waals surface area contributed by atoms with Crippen LogP contribution in [0.1, 0.15) is 10.5 Å². The molecule has 6 nitrogen and oxygen atoms in total. The van der Waals surface area contributed by atoms with Crippen LogP contribution in [0.15, 0.2) is 30.3 Å². The molecular formula is C11H13N2NaO4P+. The first-order chi connectivity index (χ1) is 8.38. The number of benzene rings is 1. The summed E-state index contributed by atoms with van der Waals surface area (Å²) in [5.74, 6) is -0.503. The third-order valence-electron chi connectivity index (χ3n) is 2.63. The summed E-state index contributed by atoms with van der Waals surface area (Å²) in [5, 5.41) is 3.12. The predicted octanol–water partition coefficient (Wildman–Crippen LogP) is -1.95. The van der Waals surface area contributed by atoms with Gasteiger partial charge in [-0.2, -0.15) is 0 Å². The van der Waals surface area contributed by atoms with Crippen molar-refractivity contribution in [2.45, 2.75) is 0 Å². The van der Waals surface area contributed by atoms with Crippen LogP contribution >= 0.6 is 7.60 Å². The molecule has 96 valence electrons. The Morgan fingerprint density at radius 2 is 2.00 bits per heavy atom. The van der Waals surface area contributed by atoms with E-state index in [0.29, 0.717) is 5.69 Å². The van der Waals surface area contributed by atoms with E-state index in [0.717, 1.165) is 10.9 Å². The summed E-state index contributed by atoms with van der Waals surface area (Å²) in [6, 6.07) is 9.15. The Labute approximate surface area is 132 Å². The van der Waals surface area contributed by atoms with Crippen molar-refractivity contribution in [2.75, 3.05) is 6.29 Å². The van der Waals surface area contributed by atoms with E-state index in [1.165, 1.54) is 0 Å². The van der Waals surface area contributed by atoms with Gasteiger partial charge in [0.05, 0.1) is 0 Å². The molecule has 1 aromatic heterocycles. The largest absolute Gasteiger partial charge is 1.00 e. The molecule has 0 radical (unpaired) electrons. The Hall–Kier alpha value is -0.620. The number of hydrogen-bond donors (Lipinski definition) is 3. The van der Waals surface area contributed by atoms with Crippen LogP contribution in [-0.4, -0.2) is 26.5 Å². The third kappa shape index (κ3) is 3.92. The van der Waals surface area contributed by atoms with Gasteiger partial charge in [-0.05, 0) is 12.1 Å². The average Bonchev–Trinajstić information content (AvgIpc) is 2.64. The van der Waals surface area contributed by atoms with E-state index in [1.807, 2.05) is 24.3 Å². The maximum absolute atomic E-state index is 11.8. The number of para-hydroxylation sites is 1. The Morgan fingerprint density at radius 1 is 1.37 bits per heavy atom. The number of carbonyl (C=O) groups is 1. The van der Waals surface area contributed by atoms with Crippen LogP contribution in [-0.2, 0) is 11.6 Å². The summed E-state index contributed by atoms with van der Waals surface area (Å²) < 4.78 is 12.4. The van der Waals surface area contributed by atoms with Crippen LogP contribution in [0.5, 0.6) is 0 Å². The number of hydrogen-bond acceptors (Lipinski definition) is 2. The summed E-state index contributed by atoms with van der Waals surface area (Å²) in [7, 11) is -2.50. The number of fused-ring (bicyclic) bond motifs is 1. The van der Waals surface area contributed by atoms with Crippen molar-refractivity contribution < 1.29 is 48.7 Å². The molecule has 8 heteroatoms. The van der Waals surface area contributed by atoms with Crippen molar-refractivity contribution in [1.82, 2.24) is 9.88 Å². The van der Waals surface area contributed by atoms with E-state index < -0.39 is 19.8 Å². The van der Waals surface area contributed by atoms with Crippen LogP contribution in [0.3, 0.4) is 0 Å². The zero-order valence-electron chi connectivity index (χ0n) is 10.7. The van der Waals surface area contributed by atoms with Gasteiger partial charge in [-0.25, -0.2) is 0 Å². The first-order valence-corrected chi connectivity index (χ1v) is 7.05. The summed E-state index contributed by atoms with van der Waals surface area (Å²) in [6.07, 6.45) is -0.659. The number of rotatable bonds is 3. The molecule has 0 spiro atoms. The molecule has 2 rings (SSSR count). The van der Waals surface area contributed by atoms with Gasteiger partial charge in [0.25, 0.3) is 5.91 Å². The molecule has 2 aromatic rings. The van der Waals surface area contributed by atoms with Crippen molar-refractivity contribution >= 4 is 24.4 Å². The summed E-state index contributed by atoms with van der Waals surface area (Å²) in [6.45, 7) is 0. The fourth-order valence-electron chi connectivity index (χ4n) is 1.77. The van der Waals surface area contributed by atoms with E-state index in [4.69, 9.17) is 9.79 Å². The number of nitrogens with one attached hydrogen (secondary N) is 1. The molecule has 1 heterocycles. The molecule has 0 saturated carbocycles. The van der Waals surface area contributed by atoms with Crippen molar-refractivity contribution in [2.24, 2.45) is 7.05 Å². The molecule has 0 bridgehead atoms. The van der Waals surface area contributed by atoms with Crippen molar-refractivity contribution in [3.05, 3.63) is 36.0 Å². The Balaban J connectivity index is 0.00000180. The van der Waals surface area contributed by atoms with Gasteiger partial charge in [0.15, 0.2) is 0 Å². The topological polar surface area (TPSA) is 91.6 Å².